The Bertz CT molecular complexity index is 2370. The Kier molecular flexibility index (Phi) is 9.82. The van der Waals surface area contributed by atoms with Crippen LogP contribution in [0.4, 0.5) is 23.2 Å². The normalized spacial score (nSPS) is 21.7. The number of carbonyl (C=O) groups is 3. The zero-order valence-corrected chi connectivity index (χ0v) is 30.8. The third-order valence-electron chi connectivity index (χ3n) is 11.4. The number of pyridine rings is 1. The first-order chi connectivity index (χ1) is 26.3. The standard InChI is InChI=1S/C39H39F4N7O4S/c1-48-34-24(4-2-6-29(34)50(38(48)54)30-12-13-33(51)47-36(30)53)22-14-16-49(17-15-22)20-21-8-10-23(11-9-21)37-46-28-18-25(40)27(19-31(28)55-37)45-35(52)26-5-3-7-32(44-26)39(41,42)43/h2-7,18-19,21-23,30H,8-17,20H2,1H3,(H,45,52)(H,47,51,53). The number of benzene rings is 2. The Hall–Kier alpha value is -4.96. The number of likely N-dealkylation sites (tertiary alicyclic amines) is 1. The Morgan fingerprint density at radius 1 is 0.945 bits per heavy atom. The highest BCUT2D eigenvalue weighted by molar-refractivity contribution is 7.18. The average Bonchev–Trinajstić information content (AvgIpc) is 3.69. The number of para-hydroxylation sites is 1. The van der Waals surface area contributed by atoms with E-state index in [2.05, 4.69) is 26.6 Å². The van der Waals surface area contributed by atoms with E-state index in [0.717, 1.165) is 98.0 Å². The Labute approximate surface area is 316 Å². The van der Waals surface area contributed by atoms with E-state index in [-0.39, 0.29) is 35.5 Å². The summed E-state index contributed by atoms with van der Waals surface area (Å²) in [6.45, 7) is 2.88. The lowest BCUT2D eigenvalue weighted by molar-refractivity contribution is -0.141. The maximum atomic E-state index is 15.0. The first-order valence-electron chi connectivity index (χ1n) is 18.6. The van der Waals surface area contributed by atoms with Gasteiger partial charge in [-0.05, 0) is 99.7 Å². The molecule has 1 atom stereocenters. The summed E-state index contributed by atoms with van der Waals surface area (Å²) in [5, 5.41) is 5.65. The molecule has 16 heteroatoms. The molecule has 8 rings (SSSR count). The van der Waals surface area contributed by atoms with Gasteiger partial charge in [0.05, 0.1) is 31.9 Å². The first-order valence-corrected chi connectivity index (χ1v) is 19.4. The second kappa shape index (κ2) is 14.6. The van der Waals surface area contributed by atoms with Crippen LogP contribution in [0.2, 0.25) is 0 Å². The monoisotopic (exact) mass is 777 g/mol. The van der Waals surface area contributed by atoms with Crippen LogP contribution in [0.1, 0.15) is 96.0 Å². The number of fused-ring (bicyclic) bond motifs is 2. The number of nitrogens with one attached hydrogen (secondary N) is 2. The van der Waals surface area contributed by atoms with Crippen molar-refractivity contribution in [2.45, 2.75) is 75.4 Å². The van der Waals surface area contributed by atoms with Gasteiger partial charge in [-0.15, -0.1) is 11.3 Å². The minimum absolute atomic E-state index is 0.147. The number of imidazole rings is 1. The summed E-state index contributed by atoms with van der Waals surface area (Å²) in [5.41, 5.74) is 1.07. The van der Waals surface area contributed by atoms with Crippen LogP contribution in [0.5, 0.6) is 0 Å². The fraction of sp³-hybridized carbons (Fsp3) is 0.436. The summed E-state index contributed by atoms with van der Waals surface area (Å²) in [6, 6.07) is 10.9. The van der Waals surface area contributed by atoms with Crippen LogP contribution in [0.25, 0.3) is 21.3 Å². The number of amides is 3. The molecule has 5 heterocycles. The number of aryl methyl sites for hydroxylation is 1. The number of carbonyl (C=O) groups excluding carboxylic acids is 3. The number of anilines is 1. The van der Waals surface area contributed by atoms with Crippen molar-refractivity contribution in [2.75, 3.05) is 25.0 Å². The average molecular weight is 778 g/mol. The fourth-order valence-electron chi connectivity index (χ4n) is 8.55. The zero-order valence-electron chi connectivity index (χ0n) is 30.0. The summed E-state index contributed by atoms with van der Waals surface area (Å²) in [5.74, 6) is -1.39. The highest BCUT2D eigenvalue weighted by Crippen LogP contribution is 2.41. The smallest absolute Gasteiger partial charge is 0.318 e. The van der Waals surface area contributed by atoms with E-state index in [1.165, 1.54) is 23.5 Å². The molecule has 288 valence electrons. The maximum Gasteiger partial charge on any atom is 0.433 e. The number of alkyl halides is 3. The van der Waals surface area contributed by atoms with Gasteiger partial charge < -0.3 is 10.2 Å². The van der Waals surface area contributed by atoms with Crippen molar-refractivity contribution in [2.24, 2.45) is 13.0 Å². The van der Waals surface area contributed by atoms with Crippen LogP contribution in [0.15, 0.2) is 53.3 Å². The van der Waals surface area contributed by atoms with Gasteiger partial charge in [0.1, 0.15) is 23.2 Å². The number of imide groups is 1. The van der Waals surface area contributed by atoms with Crippen LogP contribution in [-0.2, 0) is 22.8 Å². The van der Waals surface area contributed by atoms with E-state index in [9.17, 15) is 32.3 Å². The van der Waals surface area contributed by atoms with Gasteiger partial charge in [-0.1, -0.05) is 18.2 Å². The quantitative estimate of drug-likeness (QED) is 0.136. The van der Waals surface area contributed by atoms with E-state index in [4.69, 9.17) is 4.98 Å². The summed E-state index contributed by atoms with van der Waals surface area (Å²) in [4.78, 5) is 61.2. The first kappa shape index (κ1) is 37.0. The molecule has 3 aromatic heterocycles. The van der Waals surface area contributed by atoms with Crippen LogP contribution in [-0.4, -0.2) is 61.4 Å². The minimum atomic E-state index is -4.71. The van der Waals surface area contributed by atoms with Crippen LogP contribution in [0, 0.1) is 11.7 Å². The molecule has 2 N–H and O–H groups in total. The van der Waals surface area contributed by atoms with Crippen molar-refractivity contribution in [1.82, 2.24) is 29.3 Å². The van der Waals surface area contributed by atoms with Crippen molar-refractivity contribution in [1.29, 1.82) is 0 Å². The molecule has 2 saturated heterocycles. The van der Waals surface area contributed by atoms with Gasteiger partial charge in [0.25, 0.3) is 5.91 Å². The number of halogens is 4. The number of hydrogen-bond donors (Lipinski definition) is 2. The van der Waals surface area contributed by atoms with E-state index < -0.39 is 41.2 Å². The van der Waals surface area contributed by atoms with E-state index in [0.29, 0.717) is 22.6 Å². The van der Waals surface area contributed by atoms with Crippen molar-refractivity contribution >= 4 is 56.0 Å². The number of thiazole rings is 1. The molecule has 2 aliphatic heterocycles. The van der Waals surface area contributed by atoms with Crippen LogP contribution >= 0.6 is 11.3 Å². The molecule has 3 aliphatic rings. The molecule has 0 bridgehead atoms. The van der Waals surface area contributed by atoms with Crippen molar-refractivity contribution in [3.8, 4) is 0 Å². The topological polar surface area (TPSA) is 131 Å². The third kappa shape index (κ3) is 7.29. The molecular weight excluding hydrogens is 739 g/mol. The van der Waals surface area contributed by atoms with Gasteiger partial charge in [0, 0.05) is 32.0 Å². The molecule has 2 aromatic carbocycles. The van der Waals surface area contributed by atoms with Crippen LogP contribution in [0.3, 0.4) is 0 Å². The number of rotatable bonds is 7. The summed E-state index contributed by atoms with van der Waals surface area (Å²) in [7, 11) is 1.75. The summed E-state index contributed by atoms with van der Waals surface area (Å²) >= 11 is 1.44. The number of hydrogen-bond acceptors (Lipinski definition) is 8. The molecule has 3 amide bonds. The third-order valence-corrected chi connectivity index (χ3v) is 12.6. The molecular formula is C39H39F4N7O4S. The summed E-state index contributed by atoms with van der Waals surface area (Å²) < 4.78 is 58.1. The lowest BCUT2D eigenvalue weighted by Gasteiger charge is -2.36. The molecule has 5 aromatic rings. The Morgan fingerprint density at radius 2 is 1.69 bits per heavy atom. The molecule has 0 spiro atoms. The van der Waals surface area contributed by atoms with Crippen molar-refractivity contribution in [3.63, 3.8) is 0 Å². The molecule has 55 heavy (non-hydrogen) atoms. The Morgan fingerprint density at radius 3 is 2.42 bits per heavy atom. The zero-order chi connectivity index (χ0) is 38.6. The van der Waals surface area contributed by atoms with Gasteiger partial charge in [0.15, 0.2) is 0 Å². The van der Waals surface area contributed by atoms with Crippen molar-refractivity contribution < 1.29 is 31.9 Å². The van der Waals surface area contributed by atoms with Crippen molar-refractivity contribution in [3.05, 3.63) is 86.8 Å². The van der Waals surface area contributed by atoms with E-state index in [1.807, 2.05) is 12.1 Å². The SMILES string of the molecule is Cn1c(=O)n(C2CCC(=O)NC2=O)c2cccc(C3CCN(CC4CCC(c5nc6cc(F)c(NC(=O)c7cccc(C(F)(F)F)n7)cc6s5)CC4)CC3)c21. The minimum Gasteiger partial charge on any atom is -0.318 e. The predicted octanol–water partition coefficient (Wildman–Crippen LogP) is 6.89. The number of piperidine rings is 2. The number of nitrogens with zero attached hydrogens (tertiary/aromatic N) is 5. The second-order valence-corrected chi connectivity index (χ2v) is 16.0. The van der Waals surface area contributed by atoms with Crippen LogP contribution < -0.4 is 16.3 Å². The highest BCUT2D eigenvalue weighted by Gasteiger charge is 2.35. The van der Waals surface area contributed by atoms with Gasteiger partial charge >= 0.3 is 11.9 Å². The summed E-state index contributed by atoms with van der Waals surface area (Å²) in [6.07, 6.45) is 1.67. The highest BCUT2D eigenvalue weighted by atomic mass is 32.1. The second-order valence-electron chi connectivity index (χ2n) is 14.9. The Balaban J connectivity index is 0.868. The van der Waals surface area contributed by atoms with E-state index >= 15 is 4.39 Å². The molecule has 1 unspecified atom stereocenters. The van der Waals surface area contributed by atoms with Gasteiger partial charge in [-0.25, -0.2) is 19.2 Å². The van der Waals surface area contributed by atoms with Gasteiger partial charge in [-0.2, -0.15) is 13.2 Å². The van der Waals surface area contributed by atoms with E-state index in [1.54, 1.807) is 16.2 Å². The molecule has 3 fully saturated rings. The largest absolute Gasteiger partial charge is 0.433 e. The van der Waals surface area contributed by atoms with Gasteiger partial charge in [-0.3, -0.25) is 28.8 Å². The number of aromatic nitrogens is 4. The predicted molar refractivity (Wildman–Crippen MR) is 198 cm³/mol. The fourth-order valence-corrected chi connectivity index (χ4v) is 9.71. The lowest BCUT2D eigenvalue weighted by atomic mass is 9.81. The molecule has 1 aliphatic carbocycles. The molecule has 0 radical (unpaired) electrons. The lowest BCUT2D eigenvalue weighted by Crippen LogP contribution is -2.44. The molecule has 11 nitrogen and oxygen atoms in total. The maximum absolute atomic E-state index is 15.0. The van der Waals surface area contributed by atoms with Gasteiger partial charge in [0.2, 0.25) is 11.8 Å². The molecule has 1 saturated carbocycles.